The first kappa shape index (κ1) is 17.2. The normalized spacial score (nSPS) is 15.3. The van der Waals surface area contributed by atoms with Crippen molar-refractivity contribution >= 4 is 34.1 Å². The van der Waals surface area contributed by atoms with Crippen LogP contribution in [0, 0.1) is 0 Å². The van der Waals surface area contributed by atoms with Crippen LogP contribution in [0.5, 0.6) is 0 Å². The minimum atomic E-state index is -0.664. The quantitative estimate of drug-likeness (QED) is 0.471. The number of aromatic nitrogens is 1. The lowest BCUT2D eigenvalue weighted by Crippen LogP contribution is -2.37. The number of oxime groups is 1. The molecule has 2 heterocycles. The van der Waals surface area contributed by atoms with Crippen LogP contribution in [-0.4, -0.2) is 53.8 Å². The lowest BCUT2D eigenvalue weighted by atomic mass is 10.1. The van der Waals surface area contributed by atoms with Gasteiger partial charge in [-0.25, -0.2) is 9.78 Å². The molecule has 0 bridgehead atoms. The van der Waals surface area contributed by atoms with Gasteiger partial charge in [0.2, 0.25) is 5.71 Å². The number of carbonyl (C=O) groups is 2. The Hall–Kier alpha value is -2.16. The van der Waals surface area contributed by atoms with Crippen LogP contribution in [0.4, 0.5) is 5.13 Å². The van der Waals surface area contributed by atoms with Crippen molar-refractivity contribution in [3.8, 4) is 0 Å². The molecule has 23 heavy (non-hydrogen) atoms. The standard InChI is InChI=1S/C14H20N4O4S/c1-2-21-13(20)12(10-9-23-14(15)16-10)17-22-8-11(19)18-6-4-3-5-7-18/h9H,2-8H2,1H3,(H2,15,16). The number of anilines is 1. The van der Waals surface area contributed by atoms with Crippen LogP contribution in [-0.2, 0) is 19.2 Å². The number of hydrogen-bond acceptors (Lipinski definition) is 8. The monoisotopic (exact) mass is 340 g/mol. The Labute approximate surface area is 138 Å². The van der Waals surface area contributed by atoms with Crippen LogP contribution in [0.25, 0.3) is 0 Å². The van der Waals surface area contributed by atoms with Crippen molar-refractivity contribution in [3.63, 3.8) is 0 Å². The number of piperidine rings is 1. The molecule has 0 atom stereocenters. The SMILES string of the molecule is CCOC(=O)C(=NOCC(=O)N1CCCCC1)c1csc(N)n1. The topological polar surface area (TPSA) is 107 Å². The van der Waals surface area contributed by atoms with Gasteiger partial charge in [0.15, 0.2) is 11.7 Å². The average Bonchev–Trinajstić information content (AvgIpc) is 2.98. The van der Waals surface area contributed by atoms with E-state index >= 15 is 0 Å². The number of nitrogen functional groups attached to an aromatic ring is 1. The molecule has 1 aromatic rings. The Bertz CT molecular complexity index is 581. The second-order valence-corrected chi connectivity index (χ2v) is 5.84. The van der Waals surface area contributed by atoms with Crippen molar-refractivity contribution in [1.29, 1.82) is 0 Å². The number of likely N-dealkylation sites (tertiary alicyclic amines) is 1. The average molecular weight is 340 g/mol. The number of hydrogen-bond donors (Lipinski definition) is 1. The van der Waals surface area contributed by atoms with Gasteiger partial charge in [-0.2, -0.15) is 0 Å². The van der Waals surface area contributed by atoms with Crippen molar-refractivity contribution in [3.05, 3.63) is 11.1 Å². The highest BCUT2D eigenvalue weighted by molar-refractivity contribution is 7.13. The highest BCUT2D eigenvalue weighted by Crippen LogP contribution is 2.13. The van der Waals surface area contributed by atoms with Gasteiger partial charge in [-0.3, -0.25) is 4.79 Å². The van der Waals surface area contributed by atoms with Gasteiger partial charge in [-0.15, -0.1) is 11.3 Å². The van der Waals surface area contributed by atoms with Gasteiger partial charge in [0.1, 0.15) is 5.69 Å². The maximum absolute atomic E-state index is 12.0. The molecule has 1 aromatic heterocycles. The number of esters is 1. The van der Waals surface area contributed by atoms with E-state index in [2.05, 4.69) is 10.1 Å². The molecule has 9 heteroatoms. The number of thiazole rings is 1. The summed E-state index contributed by atoms with van der Waals surface area (Å²) in [5.41, 5.74) is 5.75. The first-order chi connectivity index (χ1) is 11.1. The molecular formula is C14H20N4O4S. The fourth-order valence-electron chi connectivity index (χ4n) is 2.17. The van der Waals surface area contributed by atoms with Gasteiger partial charge >= 0.3 is 5.97 Å². The third kappa shape index (κ3) is 4.92. The van der Waals surface area contributed by atoms with Crippen LogP contribution in [0.2, 0.25) is 0 Å². The second-order valence-electron chi connectivity index (χ2n) is 4.95. The highest BCUT2D eigenvalue weighted by atomic mass is 32.1. The van der Waals surface area contributed by atoms with Crippen LogP contribution in [0.3, 0.4) is 0 Å². The number of ether oxygens (including phenoxy) is 1. The molecule has 1 fully saturated rings. The summed E-state index contributed by atoms with van der Waals surface area (Å²) in [5, 5.41) is 5.63. The van der Waals surface area contributed by atoms with Gasteiger partial charge in [0.05, 0.1) is 6.61 Å². The van der Waals surface area contributed by atoms with Gasteiger partial charge in [-0.05, 0) is 26.2 Å². The molecule has 126 valence electrons. The molecular weight excluding hydrogens is 320 g/mol. The van der Waals surface area contributed by atoms with Crippen molar-refractivity contribution in [2.24, 2.45) is 5.16 Å². The highest BCUT2D eigenvalue weighted by Gasteiger charge is 2.21. The zero-order chi connectivity index (χ0) is 16.7. The summed E-state index contributed by atoms with van der Waals surface area (Å²) in [7, 11) is 0. The lowest BCUT2D eigenvalue weighted by Gasteiger charge is -2.26. The number of amides is 1. The molecule has 1 aliphatic rings. The first-order valence-corrected chi connectivity index (χ1v) is 8.36. The molecule has 0 unspecified atom stereocenters. The molecule has 0 radical (unpaired) electrons. The van der Waals surface area contributed by atoms with Crippen LogP contribution < -0.4 is 5.73 Å². The molecule has 1 aliphatic heterocycles. The van der Waals surface area contributed by atoms with E-state index in [4.69, 9.17) is 15.3 Å². The molecule has 2 N–H and O–H groups in total. The number of nitrogens with zero attached hydrogens (tertiary/aromatic N) is 3. The molecule has 8 nitrogen and oxygen atoms in total. The summed E-state index contributed by atoms with van der Waals surface area (Å²) >= 11 is 1.18. The van der Waals surface area contributed by atoms with Gasteiger partial charge in [0, 0.05) is 18.5 Å². The molecule has 0 aliphatic carbocycles. The van der Waals surface area contributed by atoms with E-state index in [1.165, 1.54) is 11.3 Å². The van der Waals surface area contributed by atoms with E-state index in [0.29, 0.717) is 5.13 Å². The van der Waals surface area contributed by atoms with E-state index in [0.717, 1.165) is 32.4 Å². The van der Waals surface area contributed by atoms with Crippen molar-refractivity contribution in [2.45, 2.75) is 26.2 Å². The number of rotatable bonds is 6. The Kier molecular flexibility index (Phi) is 6.33. The predicted octanol–water partition coefficient (Wildman–Crippen LogP) is 1.02. The molecule has 0 spiro atoms. The van der Waals surface area contributed by atoms with Gasteiger partial charge in [-0.1, -0.05) is 5.16 Å². The van der Waals surface area contributed by atoms with Crippen molar-refractivity contribution < 1.29 is 19.2 Å². The van der Waals surface area contributed by atoms with E-state index < -0.39 is 5.97 Å². The minimum Gasteiger partial charge on any atom is -0.461 e. The van der Waals surface area contributed by atoms with Crippen LogP contribution in [0.15, 0.2) is 10.5 Å². The molecule has 0 saturated carbocycles. The lowest BCUT2D eigenvalue weighted by molar-refractivity contribution is -0.138. The minimum absolute atomic E-state index is 0.0914. The van der Waals surface area contributed by atoms with E-state index in [9.17, 15) is 9.59 Å². The first-order valence-electron chi connectivity index (χ1n) is 7.48. The summed E-state index contributed by atoms with van der Waals surface area (Å²) < 4.78 is 4.92. The van der Waals surface area contributed by atoms with Gasteiger partial charge < -0.3 is 20.2 Å². The summed E-state index contributed by atoms with van der Waals surface area (Å²) in [4.78, 5) is 34.7. The summed E-state index contributed by atoms with van der Waals surface area (Å²) in [6.45, 7) is 3.14. The van der Waals surface area contributed by atoms with Crippen LogP contribution in [0.1, 0.15) is 31.9 Å². The second kappa shape index (κ2) is 8.47. The molecule has 2 rings (SSSR count). The molecule has 1 amide bonds. The summed E-state index contributed by atoms with van der Waals surface area (Å²) in [6, 6.07) is 0. The zero-order valence-corrected chi connectivity index (χ0v) is 13.8. The Balaban J connectivity index is 1.99. The third-order valence-corrected chi connectivity index (χ3v) is 3.96. The zero-order valence-electron chi connectivity index (χ0n) is 13.0. The van der Waals surface area contributed by atoms with E-state index in [1.54, 1.807) is 17.2 Å². The largest absolute Gasteiger partial charge is 0.461 e. The Morgan fingerprint density at radius 1 is 1.39 bits per heavy atom. The molecule has 0 aromatic carbocycles. The number of nitrogens with two attached hydrogens (primary N) is 1. The maximum Gasteiger partial charge on any atom is 0.362 e. The fraction of sp³-hybridized carbons (Fsp3) is 0.571. The van der Waals surface area contributed by atoms with Crippen molar-refractivity contribution in [1.82, 2.24) is 9.88 Å². The van der Waals surface area contributed by atoms with Crippen LogP contribution >= 0.6 is 11.3 Å². The smallest absolute Gasteiger partial charge is 0.362 e. The maximum atomic E-state index is 12.0. The summed E-state index contributed by atoms with van der Waals surface area (Å²) in [6.07, 6.45) is 3.14. The van der Waals surface area contributed by atoms with Crippen molar-refractivity contribution in [2.75, 3.05) is 32.0 Å². The predicted molar refractivity (Wildman–Crippen MR) is 86.1 cm³/mol. The number of carbonyl (C=O) groups excluding carboxylic acids is 2. The summed E-state index contributed by atoms with van der Waals surface area (Å²) in [5.74, 6) is -0.808. The third-order valence-electron chi connectivity index (χ3n) is 3.29. The fourth-order valence-corrected chi connectivity index (χ4v) is 2.72. The van der Waals surface area contributed by atoms with E-state index in [-0.39, 0.29) is 30.5 Å². The Morgan fingerprint density at radius 2 is 2.13 bits per heavy atom. The van der Waals surface area contributed by atoms with Gasteiger partial charge in [0.25, 0.3) is 5.91 Å². The van der Waals surface area contributed by atoms with E-state index in [1.807, 2.05) is 0 Å². The Morgan fingerprint density at radius 3 is 2.74 bits per heavy atom. The molecule has 1 saturated heterocycles.